The zero-order valence-corrected chi connectivity index (χ0v) is 11.6. The highest BCUT2D eigenvalue weighted by atomic mass is 32.1. The average Bonchev–Trinajstić information content (AvgIpc) is 3.08. The summed E-state index contributed by atoms with van der Waals surface area (Å²) >= 11 is 1.72. The Morgan fingerprint density at radius 3 is 2.82 bits per heavy atom. The Kier molecular flexibility index (Phi) is 4.01. The molecule has 1 aromatic heterocycles. The highest BCUT2D eigenvalue weighted by molar-refractivity contribution is 7.15. The second kappa shape index (κ2) is 5.33. The Labute approximate surface area is 107 Å². The molecule has 1 saturated carbocycles. The van der Waals surface area contributed by atoms with Crippen LogP contribution in [-0.2, 0) is 11.3 Å². The minimum atomic E-state index is 0.337. The van der Waals surface area contributed by atoms with Crippen LogP contribution in [0.4, 0.5) is 5.13 Å². The summed E-state index contributed by atoms with van der Waals surface area (Å²) in [4.78, 5) is 8.18. The third-order valence-corrected chi connectivity index (χ3v) is 4.42. The van der Waals surface area contributed by atoms with Crippen molar-refractivity contribution in [1.82, 2.24) is 4.98 Å². The summed E-state index contributed by atoms with van der Waals surface area (Å²) in [5.74, 6) is 0.671. The van der Waals surface area contributed by atoms with Crippen LogP contribution in [0.15, 0.2) is 0 Å². The number of hydrogen-bond acceptors (Lipinski definition) is 5. The number of likely N-dealkylation sites (N-methyl/N-ethyl adjacent to an activating group) is 1. The Morgan fingerprint density at radius 1 is 1.59 bits per heavy atom. The quantitative estimate of drug-likeness (QED) is 0.844. The average molecular weight is 255 g/mol. The van der Waals surface area contributed by atoms with Gasteiger partial charge in [-0.3, -0.25) is 0 Å². The lowest BCUT2D eigenvalue weighted by atomic mass is 10.2. The third kappa shape index (κ3) is 2.78. The van der Waals surface area contributed by atoms with Gasteiger partial charge < -0.3 is 15.4 Å². The molecule has 1 aliphatic carbocycles. The molecule has 1 heterocycles. The fourth-order valence-corrected chi connectivity index (χ4v) is 2.95. The summed E-state index contributed by atoms with van der Waals surface area (Å²) in [6.07, 6.45) is 2.54. The second-order valence-electron chi connectivity index (χ2n) is 4.70. The number of thiazole rings is 1. The van der Waals surface area contributed by atoms with E-state index in [0.717, 1.165) is 5.13 Å². The molecular weight excluding hydrogens is 234 g/mol. The maximum absolute atomic E-state index is 5.79. The molecule has 0 bridgehead atoms. The van der Waals surface area contributed by atoms with Crippen LogP contribution in [0.3, 0.4) is 0 Å². The van der Waals surface area contributed by atoms with Gasteiger partial charge in [-0.05, 0) is 19.8 Å². The lowest BCUT2D eigenvalue weighted by molar-refractivity contribution is 0.183. The Bertz CT molecular complexity index is 376. The maximum atomic E-state index is 5.79. The van der Waals surface area contributed by atoms with Gasteiger partial charge in [-0.2, -0.15) is 0 Å². The SMILES string of the molecule is COCC(C)N(C)c1nc(C2CC2)c(CN)s1. The van der Waals surface area contributed by atoms with Crippen molar-refractivity contribution in [2.24, 2.45) is 5.73 Å². The zero-order valence-electron chi connectivity index (χ0n) is 10.8. The number of nitrogens with zero attached hydrogens (tertiary/aromatic N) is 2. The van der Waals surface area contributed by atoms with Crippen molar-refractivity contribution < 1.29 is 4.74 Å². The van der Waals surface area contributed by atoms with Crippen LogP contribution in [0.25, 0.3) is 0 Å². The summed E-state index contributed by atoms with van der Waals surface area (Å²) in [6.45, 7) is 3.46. The summed E-state index contributed by atoms with van der Waals surface area (Å²) in [5.41, 5.74) is 7.03. The molecule has 0 aromatic carbocycles. The topological polar surface area (TPSA) is 51.4 Å². The molecule has 1 aliphatic rings. The van der Waals surface area contributed by atoms with Gasteiger partial charge in [-0.15, -0.1) is 11.3 Å². The van der Waals surface area contributed by atoms with Crippen molar-refractivity contribution in [2.45, 2.75) is 38.3 Å². The Morgan fingerprint density at radius 2 is 2.29 bits per heavy atom. The van der Waals surface area contributed by atoms with Gasteiger partial charge in [0.2, 0.25) is 0 Å². The molecule has 5 heteroatoms. The predicted octanol–water partition coefficient (Wildman–Crippen LogP) is 1.95. The first-order chi connectivity index (χ1) is 8.17. The van der Waals surface area contributed by atoms with Crippen molar-refractivity contribution in [1.29, 1.82) is 0 Å². The van der Waals surface area contributed by atoms with Crippen LogP contribution in [-0.4, -0.2) is 31.8 Å². The standard InChI is InChI=1S/C12H21N3OS/c1-8(7-16-3)15(2)12-14-11(9-4-5-9)10(6-13)17-12/h8-9H,4-7,13H2,1-3H3. The van der Waals surface area contributed by atoms with Crippen LogP contribution in [0.2, 0.25) is 0 Å². The Hall–Kier alpha value is -0.650. The summed E-state index contributed by atoms with van der Waals surface area (Å²) in [7, 11) is 3.80. The minimum absolute atomic E-state index is 0.337. The maximum Gasteiger partial charge on any atom is 0.185 e. The molecular formula is C12H21N3OS. The van der Waals surface area contributed by atoms with E-state index in [4.69, 9.17) is 15.5 Å². The lowest BCUT2D eigenvalue weighted by Crippen LogP contribution is -2.32. The first-order valence-corrected chi connectivity index (χ1v) is 6.90. The van der Waals surface area contributed by atoms with Gasteiger partial charge in [-0.1, -0.05) is 0 Å². The van der Waals surface area contributed by atoms with Crippen molar-refractivity contribution in [3.05, 3.63) is 10.6 Å². The largest absolute Gasteiger partial charge is 0.383 e. The zero-order chi connectivity index (χ0) is 12.4. The van der Waals surface area contributed by atoms with Crippen LogP contribution in [0, 0.1) is 0 Å². The molecule has 0 radical (unpaired) electrons. The van der Waals surface area contributed by atoms with Crippen molar-refractivity contribution in [2.75, 3.05) is 25.7 Å². The first kappa shape index (κ1) is 12.8. The van der Waals surface area contributed by atoms with Gasteiger partial charge in [0.15, 0.2) is 5.13 Å². The molecule has 0 aliphatic heterocycles. The van der Waals surface area contributed by atoms with Gasteiger partial charge in [0, 0.05) is 31.5 Å². The smallest absolute Gasteiger partial charge is 0.185 e. The number of ether oxygens (including phenoxy) is 1. The summed E-state index contributed by atoms with van der Waals surface area (Å²) in [5, 5.41) is 1.07. The van der Waals surface area contributed by atoms with Crippen LogP contribution in [0.1, 0.15) is 36.3 Å². The number of nitrogens with two attached hydrogens (primary N) is 1. The van der Waals surface area contributed by atoms with E-state index in [0.29, 0.717) is 25.1 Å². The molecule has 1 atom stereocenters. The monoisotopic (exact) mass is 255 g/mol. The fourth-order valence-electron chi connectivity index (χ4n) is 1.87. The number of rotatable bonds is 6. The molecule has 0 amide bonds. The molecule has 1 fully saturated rings. The fraction of sp³-hybridized carbons (Fsp3) is 0.750. The third-order valence-electron chi connectivity index (χ3n) is 3.24. The number of aromatic nitrogens is 1. The molecule has 1 aromatic rings. The van der Waals surface area contributed by atoms with Crippen LogP contribution < -0.4 is 10.6 Å². The normalized spacial score (nSPS) is 17.2. The van der Waals surface area contributed by atoms with E-state index in [2.05, 4.69) is 18.9 Å². The second-order valence-corrected chi connectivity index (χ2v) is 5.76. The highest BCUT2D eigenvalue weighted by Gasteiger charge is 2.30. The van der Waals surface area contributed by atoms with Gasteiger partial charge in [-0.25, -0.2) is 4.98 Å². The van der Waals surface area contributed by atoms with Gasteiger partial charge in [0.05, 0.1) is 18.3 Å². The highest BCUT2D eigenvalue weighted by Crippen LogP contribution is 2.44. The minimum Gasteiger partial charge on any atom is -0.383 e. The van der Waals surface area contributed by atoms with E-state index in [1.807, 2.05) is 0 Å². The Balaban J connectivity index is 2.14. The molecule has 0 saturated heterocycles. The summed E-state index contributed by atoms with van der Waals surface area (Å²) in [6, 6.07) is 0.337. The molecule has 0 spiro atoms. The molecule has 96 valence electrons. The molecule has 1 unspecified atom stereocenters. The van der Waals surface area contributed by atoms with Crippen LogP contribution in [0.5, 0.6) is 0 Å². The van der Waals surface area contributed by atoms with E-state index in [-0.39, 0.29) is 0 Å². The van der Waals surface area contributed by atoms with Gasteiger partial charge >= 0.3 is 0 Å². The molecule has 2 rings (SSSR count). The molecule has 17 heavy (non-hydrogen) atoms. The first-order valence-electron chi connectivity index (χ1n) is 6.08. The van der Waals surface area contributed by atoms with Crippen molar-refractivity contribution in [3.8, 4) is 0 Å². The number of hydrogen-bond donors (Lipinski definition) is 1. The number of anilines is 1. The van der Waals surface area contributed by atoms with E-state index in [1.54, 1.807) is 18.4 Å². The van der Waals surface area contributed by atoms with E-state index >= 15 is 0 Å². The van der Waals surface area contributed by atoms with Crippen molar-refractivity contribution in [3.63, 3.8) is 0 Å². The summed E-state index contributed by atoms with van der Waals surface area (Å²) < 4.78 is 5.18. The van der Waals surface area contributed by atoms with E-state index in [1.165, 1.54) is 23.4 Å². The van der Waals surface area contributed by atoms with Gasteiger partial charge in [0.1, 0.15) is 0 Å². The lowest BCUT2D eigenvalue weighted by Gasteiger charge is -2.23. The van der Waals surface area contributed by atoms with E-state index < -0.39 is 0 Å². The van der Waals surface area contributed by atoms with Crippen LogP contribution >= 0.6 is 11.3 Å². The van der Waals surface area contributed by atoms with Crippen molar-refractivity contribution >= 4 is 16.5 Å². The predicted molar refractivity (Wildman–Crippen MR) is 71.7 cm³/mol. The van der Waals surface area contributed by atoms with E-state index in [9.17, 15) is 0 Å². The van der Waals surface area contributed by atoms with Gasteiger partial charge in [0.25, 0.3) is 0 Å². The molecule has 2 N–H and O–H groups in total. The number of methoxy groups -OCH3 is 1. The molecule has 4 nitrogen and oxygen atoms in total.